The molecule has 2 aliphatic heterocycles. The van der Waals surface area contributed by atoms with E-state index in [2.05, 4.69) is 48.8 Å². The first-order chi connectivity index (χ1) is 10.0. The summed E-state index contributed by atoms with van der Waals surface area (Å²) >= 11 is 0. The van der Waals surface area contributed by atoms with E-state index in [1.165, 1.54) is 49.3 Å². The summed E-state index contributed by atoms with van der Waals surface area (Å²) in [7, 11) is 0. The van der Waals surface area contributed by atoms with Crippen molar-refractivity contribution in [1.29, 1.82) is 0 Å². The van der Waals surface area contributed by atoms with E-state index in [9.17, 15) is 0 Å². The molecule has 3 atom stereocenters. The molecule has 1 aromatic rings. The highest BCUT2D eigenvalue weighted by Crippen LogP contribution is 2.29. The van der Waals surface area contributed by atoms with Crippen LogP contribution in [0.2, 0.25) is 0 Å². The molecular formula is C18H29N3. The number of hydrogen-bond acceptors (Lipinski definition) is 3. The second-order valence-corrected chi connectivity index (χ2v) is 7.08. The Labute approximate surface area is 129 Å². The molecule has 2 heterocycles. The fourth-order valence-electron chi connectivity index (χ4n) is 3.98. The zero-order valence-corrected chi connectivity index (χ0v) is 13.7. The molecular weight excluding hydrogens is 258 g/mol. The van der Waals surface area contributed by atoms with Crippen LogP contribution in [0, 0.1) is 6.92 Å². The highest BCUT2D eigenvalue weighted by atomic mass is 15.3. The number of aryl methyl sites for hydroxylation is 1. The van der Waals surface area contributed by atoms with Crippen LogP contribution in [0.4, 0.5) is 5.69 Å². The molecule has 2 fully saturated rings. The third-order valence-electron chi connectivity index (χ3n) is 5.14. The lowest BCUT2D eigenvalue weighted by Crippen LogP contribution is -2.55. The summed E-state index contributed by atoms with van der Waals surface area (Å²) in [5.41, 5.74) is 10.1. The molecule has 3 heteroatoms. The van der Waals surface area contributed by atoms with Gasteiger partial charge in [-0.2, -0.15) is 0 Å². The normalized spacial score (nSPS) is 27.7. The van der Waals surface area contributed by atoms with Gasteiger partial charge in [0.15, 0.2) is 0 Å². The molecule has 2 aliphatic rings. The maximum atomic E-state index is 5.94. The average molecular weight is 287 g/mol. The predicted octanol–water partition coefficient (Wildman–Crippen LogP) is 2.56. The molecule has 3 rings (SSSR count). The van der Waals surface area contributed by atoms with Gasteiger partial charge in [0.25, 0.3) is 0 Å². The first-order valence-corrected chi connectivity index (χ1v) is 8.40. The van der Waals surface area contributed by atoms with Crippen molar-refractivity contribution >= 4 is 5.69 Å². The van der Waals surface area contributed by atoms with Crippen LogP contribution < -0.4 is 10.6 Å². The van der Waals surface area contributed by atoms with Gasteiger partial charge in [0.05, 0.1) is 0 Å². The largest absolute Gasteiger partial charge is 0.366 e. The lowest BCUT2D eigenvalue weighted by molar-refractivity contribution is 0.203. The Kier molecular flexibility index (Phi) is 4.23. The van der Waals surface area contributed by atoms with Crippen molar-refractivity contribution in [2.75, 3.05) is 24.5 Å². The van der Waals surface area contributed by atoms with Crippen LogP contribution in [0.5, 0.6) is 0 Å². The Hall–Kier alpha value is -1.06. The standard InChI is InChI=1S/C18H29N3/c1-13-9-17(7-6-16(13)10-14(2)19)21-12-18-5-4-8-20(18)11-15(21)3/h6-7,9,14-15,18H,4-5,8,10-12,19H2,1-3H3. The van der Waals surface area contributed by atoms with Gasteiger partial charge in [0.2, 0.25) is 0 Å². The number of piperazine rings is 1. The van der Waals surface area contributed by atoms with Crippen molar-refractivity contribution in [3.63, 3.8) is 0 Å². The molecule has 0 bridgehead atoms. The van der Waals surface area contributed by atoms with Crippen molar-refractivity contribution in [3.05, 3.63) is 29.3 Å². The Bertz CT molecular complexity index is 497. The van der Waals surface area contributed by atoms with Crippen LogP contribution in [0.3, 0.4) is 0 Å². The minimum Gasteiger partial charge on any atom is -0.366 e. The van der Waals surface area contributed by atoms with E-state index in [1.807, 2.05) is 0 Å². The molecule has 3 nitrogen and oxygen atoms in total. The Balaban J connectivity index is 1.78. The molecule has 21 heavy (non-hydrogen) atoms. The molecule has 0 radical (unpaired) electrons. The number of hydrogen-bond donors (Lipinski definition) is 1. The summed E-state index contributed by atoms with van der Waals surface area (Å²) in [5.74, 6) is 0. The molecule has 116 valence electrons. The first-order valence-electron chi connectivity index (χ1n) is 8.40. The highest BCUT2D eigenvalue weighted by molar-refractivity contribution is 5.52. The summed E-state index contributed by atoms with van der Waals surface area (Å²) in [6.45, 7) is 10.4. The second kappa shape index (κ2) is 5.98. The topological polar surface area (TPSA) is 32.5 Å². The van der Waals surface area contributed by atoms with Crippen LogP contribution >= 0.6 is 0 Å². The van der Waals surface area contributed by atoms with Gasteiger partial charge in [-0.15, -0.1) is 0 Å². The third kappa shape index (κ3) is 3.09. The zero-order chi connectivity index (χ0) is 15.0. The molecule has 0 spiro atoms. The van der Waals surface area contributed by atoms with Gasteiger partial charge in [0, 0.05) is 36.9 Å². The molecule has 0 amide bonds. The summed E-state index contributed by atoms with van der Waals surface area (Å²) in [6, 6.07) is 8.55. The lowest BCUT2D eigenvalue weighted by Gasteiger charge is -2.43. The highest BCUT2D eigenvalue weighted by Gasteiger charge is 2.34. The first kappa shape index (κ1) is 14.9. The van der Waals surface area contributed by atoms with Gasteiger partial charge in [-0.3, -0.25) is 4.90 Å². The van der Waals surface area contributed by atoms with Gasteiger partial charge in [-0.25, -0.2) is 0 Å². The second-order valence-electron chi connectivity index (χ2n) is 7.08. The molecule has 0 aromatic heterocycles. The SMILES string of the molecule is Cc1cc(N2CC3CCCN3CC2C)ccc1CC(C)N. The molecule has 2 N–H and O–H groups in total. The maximum Gasteiger partial charge on any atom is 0.0389 e. The minimum absolute atomic E-state index is 0.232. The van der Waals surface area contributed by atoms with E-state index in [0.29, 0.717) is 6.04 Å². The van der Waals surface area contributed by atoms with Crippen LogP contribution in [0.1, 0.15) is 37.8 Å². The van der Waals surface area contributed by atoms with Crippen LogP contribution in [0.25, 0.3) is 0 Å². The van der Waals surface area contributed by atoms with Crippen LogP contribution in [-0.4, -0.2) is 42.7 Å². The number of benzene rings is 1. The van der Waals surface area contributed by atoms with E-state index >= 15 is 0 Å². The zero-order valence-electron chi connectivity index (χ0n) is 13.7. The fraction of sp³-hybridized carbons (Fsp3) is 0.667. The van der Waals surface area contributed by atoms with Crippen molar-refractivity contribution in [2.45, 2.75) is 58.2 Å². The van der Waals surface area contributed by atoms with Crippen LogP contribution in [0.15, 0.2) is 18.2 Å². The molecule has 3 unspecified atom stereocenters. The summed E-state index contributed by atoms with van der Waals surface area (Å²) in [4.78, 5) is 5.29. The Morgan fingerprint density at radius 2 is 2.14 bits per heavy atom. The van der Waals surface area contributed by atoms with Gasteiger partial charge in [0.1, 0.15) is 0 Å². The lowest BCUT2D eigenvalue weighted by atomic mass is 10.00. The monoisotopic (exact) mass is 287 g/mol. The van der Waals surface area contributed by atoms with E-state index in [1.54, 1.807) is 0 Å². The molecule has 0 saturated carbocycles. The number of rotatable bonds is 3. The summed E-state index contributed by atoms with van der Waals surface area (Å²) < 4.78 is 0. The number of fused-ring (bicyclic) bond motifs is 1. The molecule has 0 aliphatic carbocycles. The van der Waals surface area contributed by atoms with Gasteiger partial charge in [-0.05, 0) is 69.8 Å². The Morgan fingerprint density at radius 1 is 1.33 bits per heavy atom. The van der Waals surface area contributed by atoms with Crippen LogP contribution in [-0.2, 0) is 6.42 Å². The summed E-state index contributed by atoms with van der Waals surface area (Å²) in [6.07, 6.45) is 3.71. The third-order valence-corrected chi connectivity index (χ3v) is 5.14. The van der Waals surface area contributed by atoms with Gasteiger partial charge < -0.3 is 10.6 Å². The van der Waals surface area contributed by atoms with Crippen molar-refractivity contribution in [3.8, 4) is 0 Å². The summed E-state index contributed by atoms with van der Waals surface area (Å²) in [5, 5.41) is 0. The van der Waals surface area contributed by atoms with Crippen molar-refractivity contribution in [1.82, 2.24) is 4.90 Å². The van der Waals surface area contributed by atoms with Gasteiger partial charge in [-0.1, -0.05) is 6.07 Å². The average Bonchev–Trinajstić information content (AvgIpc) is 2.86. The number of anilines is 1. The Morgan fingerprint density at radius 3 is 2.86 bits per heavy atom. The van der Waals surface area contributed by atoms with Gasteiger partial charge >= 0.3 is 0 Å². The number of nitrogens with zero attached hydrogens (tertiary/aromatic N) is 2. The van der Waals surface area contributed by atoms with E-state index in [4.69, 9.17) is 5.73 Å². The predicted molar refractivity (Wildman–Crippen MR) is 89.9 cm³/mol. The fourth-order valence-corrected chi connectivity index (χ4v) is 3.98. The van der Waals surface area contributed by atoms with E-state index in [-0.39, 0.29) is 6.04 Å². The van der Waals surface area contributed by atoms with Crippen molar-refractivity contribution in [2.24, 2.45) is 5.73 Å². The quantitative estimate of drug-likeness (QED) is 0.927. The minimum atomic E-state index is 0.232. The van der Waals surface area contributed by atoms with Crippen molar-refractivity contribution < 1.29 is 0 Å². The molecule has 2 saturated heterocycles. The van der Waals surface area contributed by atoms with E-state index < -0.39 is 0 Å². The van der Waals surface area contributed by atoms with E-state index in [0.717, 1.165) is 12.5 Å². The smallest absolute Gasteiger partial charge is 0.0389 e. The maximum absolute atomic E-state index is 5.94. The number of nitrogens with two attached hydrogens (primary N) is 1. The molecule has 1 aromatic carbocycles.